The van der Waals surface area contributed by atoms with Gasteiger partial charge < -0.3 is 10.6 Å². The van der Waals surface area contributed by atoms with Crippen LogP contribution in [0.4, 0.5) is 4.39 Å². The van der Waals surface area contributed by atoms with Crippen LogP contribution in [-0.4, -0.2) is 26.1 Å². The van der Waals surface area contributed by atoms with Gasteiger partial charge in [0.25, 0.3) is 0 Å². The topological polar surface area (TPSA) is 36.4 Å². The summed E-state index contributed by atoms with van der Waals surface area (Å²) in [4.78, 5) is 4.18. The van der Waals surface area contributed by atoms with Gasteiger partial charge >= 0.3 is 0 Å². The minimum Gasteiger partial charge on any atom is -0.356 e. The number of guanidine groups is 1. The third kappa shape index (κ3) is 9.66. The van der Waals surface area contributed by atoms with E-state index in [2.05, 4.69) is 29.5 Å². The molecule has 0 aliphatic heterocycles. The lowest BCUT2D eigenvalue weighted by atomic mass is 10.1. The summed E-state index contributed by atoms with van der Waals surface area (Å²) < 4.78 is 12.8. The summed E-state index contributed by atoms with van der Waals surface area (Å²) in [5.41, 5.74) is 1.12. The number of nitrogens with one attached hydrogen (secondary N) is 2. The lowest BCUT2D eigenvalue weighted by molar-refractivity contribution is 0.549. The van der Waals surface area contributed by atoms with Crippen LogP contribution in [0.25, 0.3) is 0 Å². The molecule has 0 bridgehead atoms. The highest BCUT2D eigenvalue weighted by molar-refractivity contribution is 14.0. The van der Waals surface area contributed by atoms with E-state index >= 15 is 0 Å². The Labute approximate surface area is 144 Å². The Morgan fingerprint density at radius 3 is 2.33 bits per heavy atom. The molecular weight excluding hydrogens is 380 g/mol. The molecular formula is C16H27FIN3. The van der Waals surface area contributed by atoms with Crippen molar-refractivity contribution in [1.82, 2.24) is 10.6 Å². The number of benzene rings is 1. The van der Waals surface area contributed by atoms with Crippen molar-refractivity contribution < 1.29 is 4.39 Å². The minimum absolute atomic E-state index is 0. The van der Waals surface area contributed by atoms with E-state index in [1.807, 2.05) is 12.1 Å². The Balaban J connectivity index is 0.00000400. The number of hydrogen-bond donors (Lipinski definition) is 2. The molecule has 0 fully saturated rings. The van der Waals surface area contributed by atoms with Crippen LogP contribution in [0.2, 0.25) is 0 Å². The smallest absolute Gasteiger partial charge is 0.190 e. The molecule has 0 spiro atoms. The number of nitrogens with zero attached hydrogens (tertiary/aromatic N) is 1. The van der Waals surface area contributed by atoms with Crippen LogP contribution in [0.3, 0.4) is 0 Å². The van der Waals surface area contributed by atoms with Crippen LogP contribution < -0.4 is 10.6 Å². The van der Waals surface area contributed by atoms with Crippen LogP contribution in [0, 0.1) is 11.7 Å². The number of rotatable bonds is 7. The van der Waals surface area contributed by atoms with Gasteiger partial charge in [-0.25, -0.2) is 4.39 Å². The Bertz CT molecular complexity index is 404. The summed E-state index contributed by atoms with van der Waals surface area (Å²) in [7, 11) is 1.77. The van der Waals surface area contributed by atoms with Crippen LogP contribution in [-0.2, 0) is 6.42 Å². The molecule has 5 heteroatoms. The molecule has 1 rings (SSSR count). The molecule has 0 unspecified atom stereocenters. The van der Waals surface area contributed by atoms with Gasteiger partial charge in [0.1, 0.15) is 5.82 Å². The molecule has 0 aliphatic rings. The van der Waals surface area contributed by atoms with E-state index < -0.39 is 0 Å². The quantitative estimate of drug-likeness (QED) is 0.314. The summed E-state index contributed by atoms with van der Waals surface area (Å²) >= 11 is 0. The summed E-state index contributed by atoms with van der Waals surface area (Å²) in [5.74, 6) is 1.38. The molecule has 0 saturated heterocycles. The van der Waals surface area contributed by atoms with Gasteiger partial charge in [-0.15, -0.1) is 24.0 Å². The fraction of sp³-hybridized carbons (Fsp3) is 0.562. The van der Waals surface area contributed by atoms with Gasteiger partial charge in [-0.3, -0.25) is 4.99 Å². The Morgan fingerprint density at radius 2 is 1.76 bits per heavy atom. The average Bonchev–Trinajstić information content (AvgIpc) is 2.43. The molecule has 0 atom stereocenters. The zero-order valence-corrected chi connectivity index (χ0v) is 15.5. The zero-order valence-electron chi connectivity index (χ0n) is 13.2. The summed E-state index contributed by atoms with van der Waals surface area (Å²) in [6.45, 7) is 6.19. The molecule has 0 saturated carbocycles. The van der Waals surface area contributed by atoms with E-state index in [9.17, 15) is 4.39 Å². The van der Waals surface area contributed by atoms with Crippen molar-refractivity contribution in [2.24, 2.45) is 10.9 Å². The number of hydrogen-bond acceptors (Lipinski definition) is 1. The molecule has 0 heterocycles. The van der Waals surface area contributed by atoms with E-state index in [0.717, 1.165) is 43.4 Å². The van der Waals surface area contributed by atoms with Crippen molar-refractivity contribution in [3.63, 3.8) is 0 Å². The molecule has 0 aliphatic carbocycles. The van der Waals surface area contributed by atoms with Crippen LogP contribution in [0.5, 0.6) is 0 Å². The van der Waals surface area contributed by atoms with Crippen molar-refractivity contribution in [1.29, 1.82) is 0 Å². The first-order valence-electron chi connectivity index (χ1n) is 7.30. The minimum atomic E-state index is -0.190. The first-order valence-corrected chi connectivity index (χ1v) is 7.30. The van der Waals surface area contributed by atoms with E-state index in [0.29, 0.717) is 0 Å². The molecule has 0 aromatic heterocycles. The normalized spacial score (nSPS) is 11.2. The van der Waals surface area contributed by atoms with E-state index in [4.69, 9.17) is 0 Å². The molecule has 3 nitrogen and oxygen atoms in total. The second-order valence-electron chi connectivity index (χ2n) is 5.34. The summed E-state index contributed by atoms with van der Waals surface area (Å²) in [6, 6.07) is 6.62. The first kappa shape index (κ1) is 20.1. The van der Waals surface area contributed by atoms with Crippen LogP contribution in [0.1, 0.15) is 32.3 Å². The van der Waals surface area contributed by atoms with Crippen molar-refractivity contribution in [3.8, 4) is 0 Å². The van der Waals surface area contributed by atoms with Crippen molar-refractivity contribution in [2.75, 3.05) is 20.1 Å². The van der Waals surface area contributed by atoms with Gasteiger partial charge in [0.15, 0.2) is 5.96 Å². The van der Waals surface area contributed by atoms with Crippen molar-refractivity contribution in [2.45, 2.75) is 33.1 Å². The first-order chi connectivity index (χ1) is 9.61. The van der Waals surface area contributed by atoms with Crippen LogP contribution in [0.15, 0.2) is 29.3 Å². The predicted octanol–water partition coefficient (Wildman–Crippen LogP) is 3.59. The Kier molecular flexibility index (Phi) is 11.3. The molecule has 1 aromatic rings. The van der Waals surface area contributed by atoms with Gasteiger partial charge in [-0.05, 0) is 42.9 Å². The standard InChI is InChI=1S/C16H26FN3.HI/c1-13(2)5-4-11-19-16(18-3)20-12-10-14-6-8-15(17)9-7-14;/h6-9,13H,4-5,10-12H2,1-3H3,(H2,18,19,20);1H. The molecule has 1 aromatic carbocycles. The number of halogens is 2. The van der Waals surface area contributed by atoms with Gasteiger partial charge in [-0.2, -0.15) is 0 Å². The van der Waals surface area contributed by atoms with Gasteiger partial charge in [0.05, 0.1) is 0 Å². The highest BCUT2D eigenvalue weighted by Gasteiger charge is 1.99. The zero-order chi connectivity index (χ0) is 14.8. The highest BCUT2D eigenvalue weighted by atomic mass is 127. The maximum Gasteiger partial charge on any atom is 0.190 e. The van der Waals surface area contributed by atoms with Gasteiger partial charge in [0.2, 0.25) is 0 Å². The second-order valence-corrected chi connectivity index (χ2v) is 5.34. The SMILES string of the molecule is CN=C(NCCCC(C)C)NCCc1ccc(F)cc1.I. The molecule has 120 valence electrons. The second kappa shape index (κ2) is 11.8. The third-order valence-corrected chi connectivity index (χ3v) is 3.09. The van der Waals surface area contributed by atoms with Crippen LogP contribution >= 0.6 is 24.0 Å². The molecule has 0 amide bonds. The van der Waals surface area contributed by atoms with E-state index in [1.165, 1.54) is 18.6 Å². The average molecular weight is 407 g/mol. The fourth-order valence-electron chi connectivity index (χ4n) is 1.91. The van der Waals surface area contributed by atoms with Gasteiger partial charge in [0, 0.05) is 20.1 Å². The predicted molar refractivity (Wildman–Crippen MR) is 99.0 cm³/mol. The number of aliphatic imine (C=N–C) groups is 1. The Hall–Kier alpha value is -0.850. The Morgan fingerprint density at radius 1 is 1.14 bits per heavy atom. The summed E-state index contributed by atoms with van der Waals surface area (Å²) in [5, 5.41) is 6.56. The van der Waals surface area contributed by atoms with Crippen molar-refractivity contribution in [3.05, 3.63) is 35.6 Å². The van der Waals surface area contributed by atoms with E-state index in [1.54, 1.807) is 7.05 Å². The monoisotopic (exact) mass is 407 g/mol. The highest BCUT2D eigenvalue weighted by Crippen LogP contribution is 2.03. The maximum absolute atomic E-state index is 12.8. The van der Waals surface area contributed by atoms with Gasteiger partial charge in [-0.1, -0.05) is 26.0 Å². The molecule has 2 N–H and O–H groups in total. The lowest BCUT2D eigenvalue weighted by Gasteiger charge is -2.12. The van der Waals surface area contributed by atoms with E-state index in [-0.39, 0.29) is 29.8 Å². The third-order valence-electron chi connectivity index (χ3n) is 3.09. The largest absolute Gasteiger partial charge is 0.356 e. The molecule has 0 radical (unpaired) electrons. The summed E-state index contributed by atoms with van der Waals surface area (Å²) in [6.07, 6.45) is 3.23. The maximum atomic E-state index is 12.8. The lowest BCUT2D eigenvalue weighted by Crippen LogP contribution is -2.38. The fourth-order valence-corrected chi connectivity index (χ4v) is 1.91. The van der Waals surface area contributed by atoms with Crippen molar-refractivity contribution >= 4 is 29.9 Å². The molecule has 21 heavy (non-hydrogen) atoms.